The lowest BCUT2D eigenvalue weighted by atomic mass is 10.2. The smallest absolute Gasteiger partial charge is 0.468 e. The van der Waals surface area contributed by atoms with Gasteiger partial charge in [0.1, 0.15) is 11.5 Å². The summed E-state index contributed by atoms with van der Waals surface area (Å²) in [5, 5.41) is 5.68. The van der Waals surface area contributed by atoms with Crippen molar-refractivity contribution in [2.75, 3.05) is 5.32 Å². The summed E-state index contributed by atoms with van der Waals surface area (Å²) in [6.07, 6.45) is -3.20. The van der Waals surface area contributed by atoms with Crippen LogP contribution in [0.15, 0.2) is 47.1 Å². The number of furan rings is 1. The van der Waals surface area contributed by atoms with Gasteiger partial charge in [-0.25, -0.2) is 0 Å². The molecule has 0 radical (unpaired) electrons. The lowest BCUT2D eigenvalue weighted by Crippen LogP contribution is -2.39. The van der Waals surface area contributed by atoms with Crippen molar-refractivity contribution in [1.82, 2.24) is 5.32 Å². The Bertz CT molecular complexity index is 654. The largest absolute Gasteiger partial charge is 0.573 e. The molecule has 1 aromatic heterocycles. The summed E-state index contributed by atoms with van der Waals surface area (Å²) < 4.78 is 45.3. The van der Waals surface area contributed by atoms with Crippen LogP contribution < -0.4 is 15.4 Å². The number of benzene rings is 1. The van der Waals surface area contributed by atoms with E-state index in [0.29, 0.717) is 11.4 Å². The van der Waals surface area contributed by atoms with E-state index in [0.717, 1.165) is 12.1 Å². The zero-order valence-corrected chi connectivity index (χ0v) is 13.1. The first kappa shape index (κ1) is 17.9. The summed E-state index contributed by atoms with van der Waals surface area (Å²) in [5.74, 6) is 0.0271. The van der Waals surface area contributed by atoms with Crippen molar-refractivity contribution in [3.05, 3.63) is 48.4 Å². The summed E-state index contributed by atoms with van der Waals surface area (Å²) >= 11 is 0. The van der Waals surface area contributed by atoms with E-state index in [1.54, 1.807) is 25.3 Å². The highest BCUT2D eigenvalue weighted by atomic mass is 19.4. The number of halogens is 3. The Balaban J connectivity index is 1.89. The molecule has 24 heavy (non-hydrogen) atoms. The number of carbonyl (C=O) groups is 1. The van der Waals surface area contributed by atoms with E-state index in [-0.39, 0.29) is 17.7 Å². The molecule has 2 N–H and O–H groups in total. The molecule has 0 spiro atoms. The number of hydrogen-bond donors (Lipinski definition) is 2. The fraction of sp³-hybridized carbons (Fsp3) is 0.312. The summed E-state index contributed by atoms with van der Waals surface area (Å²) in [7, 11) is 0. The molecule has 0 unspecified atom stereocenters. The molecule has 2 rings (SSSR count). The maximum atomic E-state index is 12.1. The molecule has 2 aromatic rings. The fourth-order valence-electron chi connectivity index (χ4n) is 2.06. The van der Waals surface area contributed by atoms with Crippen LogP contribution in [0.25, 0.3) is 0 Å². The Morgan fingerprint density at radius 1 is 1.17 bits per heavy atom. The Labute approximate surface area is 136 Å². The van der Waals surface area contributed by atoms with Gasteiger partial charge in [-0.05, 0) is 50.2 Å². The van der Waals surface area contributed by atoms with E-state index < -0.39 is 12.4 Å². The molecule has 0 bridgehead atoms. The number of ether oxygens (including phenoxy) is 1. The van der Waals surface area contributed by atoms with E-state index in [9.17, 15) is 18.0 Å². The van der Waals surface area contributed by atoms with Crippen LogP contribution in [0, 0.1) is 0 Å². The maximum absolute atomic E-state index is 12.1. The zero-order chi connectivity index (χ0) is 17.7. The van der Waals surface area contributed by atoms with Gasteiger partial charge >= 0.3 is 6.36 Å². The van der Waals surface area contributed by atoms with Crippen LogP contribution in [0.1, 0.15) is 25.6 Å². The standard InChI is InChI=1S/C16H17F3N2O3/c1-10(14-4-3-9-23-14)20-11(2)15(22)21-12-5-7-13(8-6-12)24-16(17,18)19/h3-11,20H,1-2H3,(H,21,22)/t10-,11+/m0/s1. The van der Waals surface area contributed by atoms with Crippen molar-refractivity contribution in [1.29, 1.82) is 0 Å². The molecular weight excluding hydrogens is 325 g/mol. The third-order valence-electron chi connectivity index (χ3n) is 3.22. The van der Waals surface area contributed by atoms with Gasteiger partial charge in [0.15, 0.2) is 0 Å². The number of alkyl halides is 3. The van der Waals surface area contributed by atoms with Crippen molar-refractivity contribution in [3.8, 4) is 5.75 Å². The van der Waals surface area contributed by atoms with Gasteiger partial charge in [0, 0.05) is 5.69 Å². The minimum Gasteiger partial charge on any atom is -0.468 e. The zero-order valence-electron chi connectivity index (χ0n) is 13.1. The molecule has 0 aliphatic heterocycles. The van der Waals surface area contributed by atoms with Crippen LogP contribution >= 0.6 is 0 Å². The number of carbonyl (C=O) groups excluding carboxylic acids is 1. The van der Waals surface area contributed by atoms with E-state index >= 15 is 0 Å². The Morgan fingerprint density at radius 2 is 1.83 bits per heavy atom. The van der Waals surface area contributed by atoms with Crippen LogP contribution in [0.2, 0.25) is 0 Å². The van der Waals surface area contributed by atoms with Gasteiger partial charge < -0.3 is 14.5 Å². The second kappa shape index (κ2) is 7.39. The average Bonchev–Trinajstić information content (AvgIpc) is 3.02. The molecule has 5 nitrogen and oxygen atoms in total. The third-order valence-corrected chi connectivity index (χ3v) is 3.22. The number of amides is 1. The highest BCUT2D eigenvalue weighted by Gasteiger charge is 2.31. The number of rotatable bonds is 6. The van der Waals surface area contributed by atoms with Gasteiger partial charge in [0.2, 0.25) is 5.91 Å². The second-order valence-corrected chi connectivity index (χ2v) is 5.19. The summed E-state index contributed by atoms with van der Waals surface area (Å²) in [4.78, 5) is 12.1. The number of nitrogens with one attached hydrogen (secondary N) is 2. The van der Waals surface area contributed by atoms with Crippen molar-refractivity contribution in [2.24, 2.45) is 0 Å². The molecule has 130 valence electrons. The summed E-state index contributed by atoms with van der Waals surface area (Å²) in [5.41, 5.74) is 0.369. The first-order chi connectivity index (χ1) is 11.2. The number of hydrogen-bond acceptors (Lipinski definition) is 4. The molecule has 1 amide bonds. The molecule has 2 atom stereocenters. The van der Waals surface area contributed by atoms with E-state index in [1.165, 1.54) is 12.1 Å². The van der Waals surface area contributed by atoms with Crippen molar-refractivity contribution >= 4 is 11.6 Å². The summed E-state index contributed by atoms with van der Waals surface area (Å²) in [6.45, 7) is 3.53. The van der Waals surface area contributed by atoms with Crippen LogP contribution in [0.5, 0.6) is 5.75 Å². The minimum atomic E-state index is -4.74. The monoisotopic (exact) mass is 342 g/mol. The van der Waals surface area contributed by atoms with Gasteiger partial charge in [-0.3, -0.25) is 10.1 Å². The lowest BCUT2D eigenvalue weighted by Gasteiger charge is -2.18. The van der Waals surface area contributed by atoms with E-state index in [2.05, 4.69) is 15.4 Å². The normalized spacial score (nSPS) is 14.0. The molecule has 1 aromatic carbocycles. The molecule has 0 saturated heterocycles. The van der Waals surface area contributed by atoms with Gasteiger partial charge in [0.25, 0.3) is 0 Å². The molecule has 8 heteroatoms. The number of anilines is 1. The second-order valence-electron chi connectivity index (χ2n) is 5.19. The predicted molar refractivity (Wildman–Crippen MR) is 81.5 cm³/mol. The molecule has 0 aliphatic rings. The Kier molecular flexibility index (Phi) is 5.50. The molecule has 0 aliphatic carbocycles. The minimum absolute atomic E-state index is 0.164. The SMILES string of the molecule is C[C@H](N[C@H](C)C(=O)Nc1ccc(OC(F)(F)F)cc1)c1ccco1. The fourth-order valence-corrected chi connectivity index (χ4v) is 2.06. The van der Waals surface area contributed by atoms with Gasteiger partial charge in [-0.1, -0.05) is 0 Å². The molecule has 0 fully saturated rings. The highest BCUT2D eigenvalue weighted by Crippen LogP contribution is 2.24. The van der Waals surface area contributed by atoms with Gasteiger partial charge in [-0.2, -0.15) is 0 Å². The molecule has 1 heterocycles. The van der Waals surface area contributed by atoms with Crippen LogP contribution in [-0.4, -0.2) is 18.3 Å². The van der Waals surface area contributed by atoms with Crippen molar-refractivity contribution in [2.45, 2.75) is 32.3 Å². The highest BCUT2D eigenvalue weighted by molar-refractivity contribution is 5.94. The van der Waals surface area contributed by atoms with E-state index in [4.69, 9.17) is 4.42 Å². The average molecular weight is 342 g/mol. The first-order valence-electron chi connectivity index (χ1n) is 7.21. The molecule has 0 saturated carbocycles. The van der Waals surface area contributed by atoms with E-state index in [1.807, 2.05) is 6.92 Å². The third kappa shape index (κ3) is 5.31. The maximum Gasteiger partial charge on any atom is 0.573 e. The van der Waals surface area contributed by atoms with Crippen LogP contribution in [0.4, 0.5) is 18.9 Å². The van der Waals surface area contributed by atoms with Crippen LogP contribution in [-0.2, 0) is 4.79 Å². The van der Waals surface area contributed by atoms with Crippen molar-refractivity contribution < 1.29 is 27.1 Å². The van der Waals surface area contributed by atoms with Crippen molar-refractivity contribution in [3.63, 3.8) is 0 Å². The molecular formula is C16H17F3N2O3. The van der Waals surface area contributed by atoms with Gasteiger partial charge in [0.05, 0.1) is 18.3 Å². The summed E-state index contributed by atoms with van der Waals surface area (Å²) in [6, 6.07) is 7.78. The topological polar surface area (TPSA) is 63.5 Å². The lowest BCUT2D eigenvalue weighted by molar-refractivity contribution is -0.274. The Morgan fingerprint density at radius 3 is 2.38 bits per heavy atom. The first-order valence-corrected chi connectivity index (χ1v) is 7.21. The Hall–Kier alpha value is -2.48. The van der Waals surface area contributed by atoms with Crippen LogP contribution in [0.3, 0.4) is 0 Å². The van der Waals surface area contributed by atoms with Gasteiger partial charge in [-0.15, -0.1) is 13.2 Å². The quantitative estimate of drug-likeness (QED) is 0.837. The predicted octanol–water partition coefficient (Wildman–Crippen LogP) is 3.86.